The number of allylic oxidation sites excluding steroid dienone is 1. The Morgan fingerprint density at radius 2 is 1.52 bits per heavy atom. The standard InChI is InChI=1S/C21H37NO2Si/c1-14(2)25(15(3)4,16(5)6)22-13-18(8)21(19(22)9)17(7)11-12-20(23)24-10/h11-17H,1-10H3/b12-11-/t17-/m0/s1. The van der Waals surface area contributed by atoms with Crippen LogP contribution in [-0.2, 0) is 9.53 Å². The lowest BCUT2D eigenvalue weighted by molar-refractivity contribution is -0.134. The van der Waals surface area contributed by atoms with Gasteiger partial charge in [-0.3, -0.25) is 0 Å². The van der Waals surface area contributed by atoms with Crippen LogP contribution in [-0.4, -0.2) is 25.5 Å². The Morgan fingerprint density at radius 1 is 1.04 bits per heavy atom. The van der Waals surface area contributed by atoms with E-state index >= 15 is 0 Å². The number of aromatic nitrogens is 1. The largest absolute Gasteiger partial charge is 0.466 e. The number of carbonyl (C=O) groups excluding carboxylic acids is 1. The predicted octanol–water partition coefficient (Wildman–Crippen LogP) is 5.96. The molecule has 0 saturated heterocycles. The number of ether oxygens (including phenoxy) is 1. The molecule has 0 aliphatic rings. The zero-order valence-electron chi connectivity index (χ0n) is 17.8. The maximum atomic E-state index is 11.4. The molecule has 142 valence electrons. The van der Waals surface area contributed by atoms with Gasteiger partial charge in [0.05, 0.1) is 7.11 Å². The van der Waals surface area contributed by atoms with E-state index in [-0.39, 0.29) is 11.9 Å². The van der Waals surface area contributed by atoms with Crippen LogP contribution in [0.4, 0.5) is 0 Å². The van der Waals surface area contributed by atoms with Crippen molar-refractivity contribution in [2.24, 2.45) is 0 Å². The van der Waals surface area contributed by atoms with E-state index in [0.717, 1.165) is 0 Å². The molecule has 0 aliphatic carbocycles. The highest BCUT2D eigenvalue weighted by atomic mass is 28.3. The molecule has 25 heavy (non-hydrogen) atoms. The van der Waals surface area contributed by atoms with E-state index in [1.165, 1.54) is 23.9 Å². The molecule has 0 bridgehead atoms. The molecule has 1 heterocycles. The molecule has 0 spiro atoms. The van der Waals surface area contributed by atoms with Crippen molar-refractivity contribution < 1.29 is 9.53 Å². The zero-order valence-corrected chi connectivity index (χ0v) is 18.8. The Kier molecular flexibility index (Phi) is 7.30. The van der Waals surface area contributed by atoms with Crippen LogP contribution in [0.15, 0.2) is 18.3 Å². The molecule has 1 rings (SSSR count). The highest BCUT2D eigenvalue weighted by Gasteiger charge is 2.46. The van der Waals surface area contributed by atoms with Gasteiger partial charge in [-0.05, 0) is 47.8 Å². The van der Waals surface area contributed by atoms with Crippen molar-refractivity contribution in [2.45, 2.75) is 84.9 Å². The van der Waals surface area contributed by atoms with Crippen LogP contribution in [0, 0.1) is 13.8 Å². The Balaban J connectivity index is 3.50. The molecule has 0 radical (unpaired) electrons. The Bertz CT molecular complexity index is 604. The summed E-state index contributed by atoms with van der Waals surface area (Å²) in [6, 6.07) is 0. The lowest BCUT2D eigenvalue weighted by atomic mass is 9.98. The third-order valence-electron chi connectivity index (χ3n) is 5.87. The van der Waals surface area contributed by atoms with E-state index in [4.69, 9.17) is 4.74 Å². The maximum absolute atomic E-state index is 11.4. The van der Waals surface area contributed by atoms with E-state index < -0.39 is 8.24 Å². The fourth-order valence-corrected chi connectivity index (χ4v) is 11.9. The summed E-state index contributed by atoms with van der Waals surface area (Å²) in [6.45, 7) is 20.9. The number of aryl methyl sites for hydroxylation is 1. The van der Waals surface area contributed by atoms with Crippen molar-refractivity contribution in [1.82, 2.24) is 4.23 Å². The minimum absolute atomic E-state index is 0.193. The molecule has 3 nitrogen and oxygen atoms in total. The third-order valence-corrected chi connectivity index (χ3v) is 12.7. The second kappa shape index (κ2) is 8.39. The van der Waals surface area contributed by atoms with Gasteiger partial charge in [-0.15, -0.1) is 0 Å². The van der Waals surface area contributed by atoms with Gasteiger partial charge < -0.3 is 8.97 Å². The van der Waals surface area contributed by atoms with Gasteiger partial charge in [0.15, 0.2) is 8.24 Å². The second-order valence-corrected chi connectivity index (χ2v) is 13.9. The van der Waals surface area contributed by atoms with E-state index in [9.17, 15) is 4.79 Å². The molecule has 0 fully saturated rings. The van der Waals surface area contributed by atoms with E-state index in [2.05, 4.69) is 72.7 Å². The van der Waals surface area contributed by atoms with Crippen LogP contribution in [0.1, 0.15) is 71.2 Å². The number of carbonyl (C=O) groups is 1. The van der Waals surface area contributed by atoms with Crippen molar-refractivity contribution in [1.29, 1.82) is 0 Å². The zero-order chi connectivity index (χ0) is 19.5. The Morgan fingerprint density at radius 3 is 1.92 bits per heavy atom. The van der Waals surface area contributed by atoms with Gasteiger partial charge in [-0.2, -0.15) is 0 Å². The van der Waals surface area contributed by atoms with Crippen LogP contribution in [0.2, 0.25) is 16.6 Å². The van der Waals surface area contributed by atoms with Crippen LogP contribution in [0.25, 0.3) is 0 Å². The summed E-state index contributed by atoms with van der Waals surface area (Å²) < 4.78 is 7.38. The molecule has 0 aliphatic heterocycles. The maximum Gasteiger partial charge on any atom is 0.330 e. The van der Waals surface area contributed by atoms with E-state index in [1.807, 2.05) is 6.08 Å². The van der Waals surface area contributed by atoms with Crippen molar-refractivity contribution in [3.63, 3.8) is 0 Å². The average Bonchev–Trinajstić information content (AvgIpc) is 2.79. The van der Waals surface area contributed by atoms with Gasteiger partial charge in [0.2, 0.25) is 0 Å². The summed E-state index contributed by atoms with van der Waals surface area (Å²) in [5, 5.41) is 0. The quantitative estimate of drug-likeness (QED) is 0.340. The van der Waals surface area contributed by atoms with Gasteiger partial charge >= 0.3 is 5.97 Å². The molecular weight excluding hydrogens is 326 g/mol. The number of methoxy groups -OCH3 is 1. The SMILES string of the molecule is COC(=O)/C=C\[C@H](C)c1c(C)cn([Si](C(C)C)(C(C)C)C(C)C)c1C. The lowest BCUT2D eigenvalue weighted by Gasteiger charge is -2.45. The Hall–Kier alpha value is -1.29. The normalized spacial score (nSPS) is 14.1. The first-order valence-corrected chi connectivity index (χ1v) is 11.6. The first kappa shape index (κ1) is 21.7. The van der Waals surface area contributed by atoms with E-state index in [1.54, 1.807) is 6.08 Å². The molecule has 0 aromatic carbocycles. The van der Waals surface area contributed by atoms with Crippen LogP contribution < -0.4 is 0 Å². The summed E-state index contributed by atoms with van der Waals surface area (Å²) in [7, 11) is -0.341. The van der Waals surface area contributed by atoms with Crippen molar-refractivity contribution in [2.75, 3.05) is 7.11 Å². The first-order chi connectivity index (χ1) is 11.5. The van der Waals surface area contributed by atoms with Crippen molar-refractivity contribution in [3.8, 4) is 0 Å². The molecule has 1 aromatic rings. The first-order valence-electron chi connectivity index (χ1n) is 9.46. The Labute approximate surface area is 155 Å². The third kappa shape index (κ3) is 3.94. The van der Waals surface area contributed by atoms with Crippen LogP contribution in [0.3, 0.4) is 0 Å². The highest BCUT2D eigenvalue weighted by Crippen LogP contribution is 2.44. The van der Waals surface area contributed by atoms with Crippen LogP contribution >= 0.6 is 0 Å². The molecule has 4 heteroatoms. The van der Waals surface area contributed by atoms with Crippen molar-refractivity contribution in [3.05, 3.63) is 35.2 Å². The van der Waals surface area contributed by atoms with Gasteiger partial charge in [-0.25, -0.2) is 4.79 Å². The number of hydrogen-bond acceptors (Lipinski definition) is 2. The van der Waals surface area contributed by atoms with Crippen molar-refractivity contribution >= 4 is 14.2 Å². The molecule has 0 N–H and O–H groups in total. The molecular formula is C21H37NO2Si. The number of esters is 1. The number of nitrogens with zero attached hydrogens (tertiary/aromatic N) is 1. The number of rotatable bonds is 7. The fraction of sp³-hybridized carbons (Fsp3) is 0.667. The fourth-order valence-electron chi connectivity index (χ4n) is 5.09. The molecule has 0 saturated carbocycles. The minimum Gasteiger partial charge on any atom is -0.466 e. The smallest absolute Gasteiger partial charge is 0.330 e. The summed E-state index contributed by atoms with van der Waals surface area (Å²) in [6.07, 6.45) is 5.87. The van der Waals surface area contributed by atoms with Gasteiger partial charge in [0.25, 0.3) is 0 Å². The summed E-state index contributed by atoms with van der Waals surface area (Å²) in [5.41, 5.74) is 6.00. The highest BCUT2D eigenvalue weighted by molar-refractivity contribution is 6.82. The minimum atomic E-state index is -1.76. The number of hydrogen-bond donors (Lipinski definition) is 0. The lowest BCUT2D eigenvalue weighted by Crippen LogP contribution is -2.52. The monoisotopic (exact) mass is 363 g/mol. The van der Waals surface area contributed by atoms with Gasteiger partial charge in [0.1, 0.15) is 0 Å². The molecule has 1 aromatic heterocycles. The summed E-state index contributed by atoms with van der Waals surface area (Å²) in [4.78, 5) is 11.4. The van der Waals surface area contributed by atoms with Gasteiger partial charge in [-0.1, -0.05) is 54.5 Å². The second-order valence-electron chi connectivity index (χ2n) is 8.20. The average molecular weight is 364 g/mol. The molecule has 0 amide bonds. The summed E-state index contributed by atoms with van der Waals surface area (Å²) in [5.74, 6) is -0.101. The predicted molar refractivity (Wildman–Crippen MR) is 110 cm³/mol. The molecule has 0 unspecified atom stereocenters. The van der Waals surface area contributed by atoms with E-state index in [0.29, 0.717) is 16.6 Å². The summed E-state index contributed by atoms with van der Waals surface area (Å²) >= 11 is 0. The van der Waals surface area contributed by atoms with Gasteiger partial charge in [0, 0.05) is 17.7 Å². The van der Waals surface area contributed by atoms with Crippen LogP contribution in [0.5, 0.6) is 0 Å². The topological polar surface area (TPSA) is 31.2 Å². The molecule has 1 atom stereocenters.